The molecule has 1 aromatic rings. The molecule has 1 aliphatic heterocycles. The van der Waals surface area contributed by atoms with E-state index < -0.39 is 0 Å². The molecule has 1 nitrogen and oxygen atoms in total. The Kier molecular flexibility index (Phi) is 6.09. The van der Waals surface area contributed by atoms with Crippen LogP contribution in [-0.4, -0.2) is 13.1 Å². The van der Waals surface area contributed by atoms with E-state index in [9.17, 15) is 0 Å². The highest BCUT2D eigenvalue weighted by atomic mass is 14.9. The van der Waals surface area contributed by atoms with Gasteiger partial charge in [0.1, 0.15) is 0 Å². The summed E-state index contributed by atoms with van der Waals surface area (Å²) in [6.07, 6.45) is 9.55. The summed E-state index contributed by atoms with van der Waals surface area (Å²) in [5.41, 5.74) is 2.04. The SMILES string of the molecule is CCCCCCC1(C)CCNCC1Cc1ccccc1. The van der Waals surface area contributed by atoms with E-state index in [2.05, 4.69) is 49.5 Å². The van der Waals surface area contributed by atoms with Gasteiger partial charge in [0.25, 0.3) is 0 Å². The highest BCUT2D eigenvalue weighted by Gasteiger charge is 2.35. The monoisotopic (exact) mass is 273 g/mol. The summed E-state index contributed by atoms with van der Waals surface area (Å²) in [5, 5.41) is 3.61. The van der Waals surface area contributed by atoms with Crippen molar-refractivity contribution in [1.29, 1.82) is 0 Å². The fraction of sp³-hybridized carbons (Fsp3) is 0.684. The molecule has 1 N–H and O–H groups in total. The van der Waals surface area contributed by atoms with Gasteiger partial charge in [-0.05, 0) is 49.2 Å². The van der Waals surface area contributed by atoms with Crippen LogP contribution in [0.1, 0.15) is 57.9 Å². The van der Waals surface area contributed by atoms with Crippen LogP contribution in [0.2, 0.25) is 0 Å². The maximum atomic E-state index is 3.61. The van der Waals surface area contributed by atoms with Gasteiger partial charge in [-0.15, -0.1) is 0 Å². The minimum Gasteiger partial charge on any atom is -0.316 e. The molecule has 1 heteroatoms. The van der Waals surface area contributed by atoms with Gasteiger partial charge < -0.3 is 5.32 Å². The zero-order chi connectivity index (χ0) is 14.3. The zero-order valence-electron chi connectivity index (χ0n) is 13.3. The Bertz CT molecular complexity index is 373. The molecule has 1 saturated heterocycles. The molecule has 0 spiro atoms. The van der Waals surface area contributed by atoms with E-state index in [-0.39, 0.29) is 0 Å². The van der Waals surface area contributed by atoms with Crippen molar-refractivity contribution in [2.24, 2.45) is 11.3 Å². The minimum absolute atomic E-state index is 0.537. The maximum absolute atomic E-state index is 3.61. The highest BCUT2D eigenvalue weighted by molar-refractivity contribution is 5.16. The van der Waals surface area contributed by atoms with Gasteiger partial charge in [-0.3, -0.25) is 0 Å². The molecule has 1 aromatic carbocycles. The van der Waals surface area contributed by atoms with Gasteiger partial charge in [0.15, 0.2) is 0 Å². The summed E-state index contributed by atoms with van der Waals surface area (Å²) in [7, 11) is 0. The second-order valence-electron chi connectivity index (χ2n) is 6.81. The summed E-state index contributed by atoms with van der Waals surface area (Å²) >= 11 is 0. The second-order valence-corrected chi connectivity index (χ2v) is 6.81. The van der Waals surface area contributed by atoms with E-state index in [4.69, 9.17) is 0 Å². The van der Waals surface area contributed by atoms with E-state index in [1.165, 1.54) is 63.6 Å². The van der Waals surface area contributed by atoms with Crippen molar-refractivity contribution in [2.45, 2.75) is 58.8 Å². The first-order chi connectivity index (χ1) is 9.74. The Balaban J connectivity index is 1.93. The van der Waals surface area contributed by atoms with Crippen LogP contribution in [0.4, 0.5) is 0 Å². The van der Waals surface area contributed by atoms with Gasteiger partial charge in [0.05, 0.1) is 0 Å². The highest BCUT2D eigenvalue weighted by Crippen LogP contribution is 2.40. The van der Waals surface area contributed by atoms with E-state index >= 15 is 0 Å². The third-order valence-electron chi connectivity index (χ3n) is 5.18. The van der Waals surface area contributed by atoms with Crippen LogP contribution in [-0.2, 0) is 6.42 Å². The summed E-state index contributed by atoms with van der Waals surface area (Å²) < 4.78 is 0. The predicted molar refractivity (Wildman–Crippen MR) is 88.0 cm³/mol. The summed E-state index contributed by atoms with van der Waals surface area (Å²) in [4.78, 5) is 0. The molecule has 1 aliphatic rings. The number of benzene rings is 1. The third-order valence-corrected chi connectivity index (χ3v) is 5.18. The molecule has 112 valence electrons. The molecule has 2 rings (SSSR count). The van der Waals surface area contributed by atoms with E-state index in [1.54, 1.807) is 0 Å². The molecule has 20 heavy (non-hydrogen) atoms. The van der Waals surface area contributed by atoms with Crippen molar-refractivity contribution >= 4 is 0 Å². The number of unbranched alkanes of at least 4 members (excludes halogenated alkanes) is 3. The first-order valence-electron chi connectivity index (χ1n) is 8.49. The van der Waals surface area contributed by atoms with Gasteiger partial charge in [-0.1, -0.05) is 69.9 Å². The first-order valence-corrected chi connectivity index (χ1v) is 8.49. The fourth-order valence-electron chi connectivity index (χ4n) is 3.60. The molecule has 0 saturated carbocycles. The Morgan fingerprint density at radius 2 is 1.95 bits per heavy atom. The number of piperidine rings is 1. The average Bonchev–Trinajstić information content (AvgIpc) is 2.48. The molecule has 0 aromatic heterocycles. The lowest BCUT2D eigenvalue weighted by Crippen LogP contribution is -2.44. The lowest BCUT2D eigenvalue weighted by Gasteiger charge is -2.42. The van der Waals surface area contributed by atoms with Crippen LogP contribution in [0, 0.1) is 11.3 Å². The van der Waals surface area contributed by atoms with E-state index in [0.717, 1.165) is 5.92 Å². The predicted octanol–water partition coefficient (Wildman–Crippen LogP) is 4.82. The first kappa shape index (κ1) is 15.6. The largest absolute Gasteiger partial charge is 0.316 e. The number of hydrogen-bond acceptors (Lipinski definition) is 1. The molecule has 0 bridgehead atoms. The lowest BCUT2D eigenvalue weighted by atomic mass is 9.67. The van der Waals surface area contributed by atoms with Crippen LogP contribution in [0.3, 0.4) is 0 Å². The fourth-order valence-corrected chi connectivity index (χ4v) is 3.60. The lowest BCUT2D eigenvalue weighted by molar-refractivity contribution is 0.113. The molecule has 0 radical (unpaired) electrons. The second kappa shape index (κ2) is 7.83. The molecular weight excluding hydrogens is 242 g/mol. The van der Waals surface area contributed by atoms with Crippen LogP contribution in [0.5, 0.6) is 0 Å². The summed E-state index contributed by atoms with van der Waals surface area (Å²) in [5.74, 6) is 0.792. The smallest absolute Gasteiger partial charge is 0.00121 e. The standard InChI is InChI=1S/C19H31N/c1-3-4-5-9-12-19(2)13-14-20-16-18(19)15-17-10-7-6-8-11-17/h6-8,10-11,18,20H,3-5,9,12-16H2,1-2H3. The molecule has 0 amide bonds. The van der Waals surface area contributed by atoms with Crippen LogP contribution in [0.25, 0.3) is 0 Å². The molecule has 2 unspecified atom stereocenters. The Labute approximate surface area is 125 Å². The molecular formula is C19H31N. The molecule has 1 fully saturated rings. The van der Waals surface area contributed by atoms with Crippen molar-refractivity contribution in [3.8, 4) is 0 Å². The Hall–Kier alpha value is -0.820. The zero-order valence-corrected chi connectivity index (χ0v) is 13.3. The Morgan fingerprint density at radius 3 is 2.70 bits per heavy atom. The van der Waals surface area contributed by atoms with Gasteiger partial charge in [-0.2, -0.15) is 0 Å². The van der Waals surface area contributed by atoms with Gasteiger partial charge in [-0.25, -0.2) is 0 Å². The van der Waals surface area contributed by atoms with E-state index in [1.807, 2.05) is 0 Å². The maximum Gasteiger partial charge on any atom is -0.00121 e. The summed E-state index contributed by atoms with van der Waals surface area (Å²) in [6.45, 7) is 7.23. The van der Waals surface area contributed by atoms with E-state index in [0.29, 0.717) is 5.41 Å². The number of nitrogens with one attached hydrogen (secondary N) is 1. The van der Waals surface area contributed by atoms with Crippen molar-refractivity contribution < 1.29 is 0 Å². The molecule has 1 heterocycles. The normalized spacial score (nSPS) is 26.6. The van der Waals surface area contributed by atoms with Crippen LogP contribution < -0.4 is 5.32 Å². The quantitative estimate of drug-likeness (QED) is 0.703. The van der Waals surface area contributed by atoms with Gasteiger partial charge in [0.2, 0.25) is 0 Å². The minimum atomic E-state index is 0.537. The van der Waals surface area contributed by atoms with Crippen LogP contribution in [0.15, 0.2) is 30.3 Å². The Morgan fingerprint density at radius 1 is 1.15 bits per heavy atom. The number of hydrogen-bond donors (Lipinski definition) is 1. The van der Waals surface area contributed by atoms with Crippen molar-refractivity contribution in [1.82, 2.24) is 5.32 Å². The molecule has 2 atom stereocenters. The van der Waals surface area contributed by atoms with Crippen molar-refractivity contribution in [2.75, 3.05) is 13.1 Å². The van der Waals surface area contributed by atoms with Crippen molar-refractivity contribution in [3.05, 3.63) is 35.9 Å². The van der Waals surface area contributed by atoms with Gasteiger partial charge >= 0.3 is 0 Å². The summed E-state index contributed by atoms with van der Waals surface area (Å²) in [6, 6.07) is 11.0. The van der Waals surface area contributed by atoms with Gasteiger partial charge in [0, 0.05) is 0 Å². The topological polar surface area (TPSA) is 12.0 Å². The van der Waals surface area contributed by atoms with Crippen molar-refractivity contribution in [3.63, 3.8) is 0 Å². The average molecular weight is 273 g/mol. The third kappa shape index (κ3) is 4.34. The van der Waals surface area contributed by atoms with Crippen LogP contribution >= 0.6 is 0 Å². The number of rotatable bonds is 7. The molecule has 0 aliphatic carbocycles.